The maximum atomic E-state index is 4.47. The van der Waals surface area contributed by atoms with Gasteiger partial charge in [-0.2, -0.15) is 0 Å². The van der Waals surface area contributed by atoms with Gasteiger partial charge < -0.3 is 9.88 Å². The number of hydrogen-bond donors (Lipinski definition) is 1. The highest BCUT2D eigenvalue weighted by Gasteiger charge is 2.03. The van der Waals surface area contributed by atoms with Gasteiger partial charge in [-0.05, 0) is 25.7 Å². The Balaban J connectivity index is 1.53. The van der Waals surface area contributed by atoms with Gasteiger partial charge in [-0.3, -0.25) is 4.99 Å². The molecule has 0 saturated carbocycles. The molecule has 2 heterocycles. The van der Waals surface area contributed by atoms with Crippen molar-refractivity contribution in [2.24, 2.45) is 4.99 Å². The van der Waals surface area contributed by atoms with Crippen LogP contribution in [0.4, 0.5) is 0 Å². The topological polar surface area (TPSA) is 42.2 Å². The molecule has 0 aliphatic carbocycles. The van der Waals surface area contributed by atoms with Gasteiger partial charge in [0.1, 0.15) is 0 Å². The van der Waals surface area contributed by atoms with Crippen molar-refractivity contribution in [2.75, 3.05) is 13.1 Å². The summed E-state index contributed by atoms with van der Waals surface area (Å²) in [7, 11) is 0. The van der Waals surface area contributed by atoms with Crippen molar-refractivity contribution in [1.29, 1.82) is 0 Å². The molecule has 0 radical (unpaired) electrons. The fourth-order valence-corrected chi connectivity index (χ4v) is 1.91. The first-order chi connectivity index (χ1) is 7.95. The maximum absolute atomic E-state index is 4.47. The number of hydrogen-bond acceptors (Lipinski definition) is 3. The zero-order chi connectivity index (χ0) is 11.1. The van der Waals surface area contributed by atoms with E-state index in [0.717, 1.165) is 26.1 Å². The Hall–Kier alpha value is -1.32. The van der Waals surface area contributed by atoms with Crippen LogP contribution in [-0.2, 0) is 6.54 Å². The molecule has 16 heavy (non-hydrogen) atoms. The molecule has 1 aliphatic rings. The zero-order valence-corrected chi connectivity index (χ0v) is 9.73. The van der Waals surface area contributed by atoms with E-state index in [0.29, 0.717) is 0 Å². The van der Waals surface area contributed by atoms with Crippen LogP contribution < -0.4 is 5.32 Å². The standard InChI is InChI=1S/C12H20N4/c1-2-6-14-12(5-1)15-7-3-4-9-16-10-8-13-11-16/h8,10-11H,1-7,9H2,(H,14,15). The average Bonchev–Trinajstić information content (AvgIpc) is 2.83. The number of rotatable bonds is 5. The number of aryl methyl sites for hydroxylation is 1. The first-order valence-electron chi connectivity index (χ1n) is 6.18. The van der Waals surface area contributed by atoms with Crippen LogP contribution in [0, 0.1) is 0 Å². The van der Waals surface area contributed by atoms with Crippen molar-refractivity contribution in [3.8, 4) is 0 Å². The molecule has 1 aliphatic heterocycles. The Morgan fingerprint density at radius 3 is 3.06 bits per heavy atom. The van der Waals surface area contributed by atoms with E-state index in [9.17, 15) is 0 Å². The molecule has 0 unspecified atom stereocenters. The second-order valence-corrected chi connectivity index (χ2v) is 4.22. The number of nitrogens with zero attached hydrogens (tertiary/aromatic N) is 3. The number of amidine groups is 1. The second-order valence-electron chi connectivity index (χ2n) is 4.22. The summed E-state index contributed by atoms with van der Waals surface area (Å²) in [6.07, 6.45) is 11.8. The fraction of sp³-hybridized carbons (Fsp3) is 0.667. The number of aromatic nitrogens is 2. The van der Waals surface area contributed by atoms with Crippen LogP contribution in [0.15, 0.2) is 23.7 Å². The highest BCUT2D eigenvalue weighted by molar-refractivity contribution is 5.82. The molecule has 4 nitrogen and oxygen atoms in total. The van der Waals surface area contributed by atoms with Crippen LogP contribution in [-0.4, -0.2) is 28.5 Å². The third-order valence-electron chi connectivity index (χ3n) is 2.86. The van der Waals surface area contributed by atoms with Gasteiger partial charge in [0.2, 0.25) is 0 Å². The Morgan fingerprint density at radius 2 is 2.31 bits per heavy atom. The monoisotopic (exact) mass is 220 g/mol. The zero-order valence-electron chi connectivity index (χ0n) is 9.73. The van der Waals surface area contributed by atoms with Crippen LogP contribution >= 0.6 is 0 Å². The predicted molar refractivity (Wildman–Crippen MR) is 65.6 cm³/mol. The van der Waals surface area contributed by atoms with E-state index in [2.05, 4.69) is 19.9 Å². The van der Waals surface area contributed by atoms with E-state index >= 15 is 0 Å². The normalized spacial score (nSPS) is 15.9. The highest BCUT2D eigenvalue weighted by Crippen LogP contribution is 2.04. The summed E-state index contributed by atoms with van der Waals surface area (Å²) in [6.45, 7) is 3.12. The summed E-state index contributed by atoms with van der Waals surface area (Å²) >= 11 is 0. The average molecular weight is 220 g/mol. The van der Waals surface area contributed by atoms with E-state index in [1.54, 1.807) is 0 Å². The van der Waals surface area contributed by atoms with E-state index < -0.39 is 0 Å². The molecule has 1 aromatic heterocycles. The summed E-state index contributed by atoms with van der Waals surface area (Å²) in [6, 6.07) is 0. The molecular weight excluding hydrogens is 200 g/mol. The first-order valence-corrected chi connectivity index (χ1v) is 6.18. The van der Waals surface area contributed by atoms with Crippen molar-refractivity contribution in [2.45, 2.75) is 38.6 Å². The minimum atomic E-state index is 1.01. The van der Waals surface area contributed by atoms with Crippen LogP contribution in [0.25, 0.3) is 0 Å². The lowest BCUT2D eigenvalue weighted by Gasteiger charge is -2.13. The van der Waals surface area contributed by atoms with Crippen molar-refractivity contribution >= 4 is 5.84 Å². The van der Waals surface area contributed by atoms with E-state index in [1.165, 1.54) is 31.5 Å². The van der Waals surface area contributed by atoms with Crippen LogP contribution in [0.5, 0.6) is 0 Å². The molecule has 0 atom stereocenters. The molecular formula is C12H20N4. The van der Waals surface area contributed by atoms with Gasteiger partial charge in [-0.25, -0.2) is 4.98 Å². The smallest absolute Gasteiger partial charge is 0.0963 e. The molecule has 0 aromatic carbocycles. The van der Waals surface area contributed by atoms with Gasteiger partial charge >= 0.3 is 0 Å². The fourth-order valence-electron chi connectivity index (χ4n) is 1.91. The molecule has 0 saturated heterocycles. The minimum absolute atomic E-state index is 1.01. The quantitative estimate of drug-likeness (QED) is 0.769. The van der Waals surface area contributed by atoms with E-state index in [-0.39, 0.29) is 0 Å². The lowest BCUT2D eigenvalue weighted by molar-refractivity contribution is 0.597. The number of aliphatic imine (C=N–C) groups is 1. The summed E-state index contributed by atoms with van der Waals surface area (Å²) in [5, 5.41) is 3.43. The van der Waals surface area contributed by atoms with Gasteiger partial charge in [-0.15, -0.1) is 0 Å². The number of nitrogens with one attached hydrogen (secondary N) is 1. The molecule has 1 N–H and O–H groups in total. The molecule has 88 valence electrons. The van der Waals surface area contributed by atoms with Crippen LogP contribution in [0.2, 0.25) is 0 Å². The summed E-state index contributed by atoms with van der Waals surface area (Å²) in [5.74, 6) is 1.22. The van der Waals surface area contributed by atoms with Crippen LogP contribution in [0.1, 0.15) is 32.1 Å². The Kier molecular flexibility index (Phi) is 4.40. The SMILES string of the molecule is c1cn(CCCCNC2=NCCCC2)cn1. The first kappa shape index (κ1) is 11.2. The number of unbranched alkanes of at least 4 members (excludes halogenated alkanes) is 1. The van der Waals surface area contributed by atoms with Gasteiger partial charge in [0.15, 0.2) is 0 Å². The van der Waals surface area contributed by atoms with Gasteiger partial charge in [-0.1, -0.05) is 0 Å². The van der Waals surface area contributed by atoms with E-state index in [4.69, 9.17) is 0 Å². The van der Waals surface area contributed by atoms with Gasteiger partial charge in [0.05, 0.1) is 12.2 Å². The van der Waals surface area contributed by atoms with Gasteiger partial charge in [0, 0.05) is 38.4 Å². The Bertz CT molecular complexity index is 316. The minimum Gasteiger partial charge on any atom is -0.374 e. The third kappa shape index (κ3) is 3.68. The summed E-state index contributed by atoms with van der Waals surface area (Å²) in [4.78, 5) is 8.49. The van der Waals surface area contributed by atoms with Crippen LogP contribution in [0.3, 0.4) is 0 Å². The molecule has 0 spiro atoms. The molecule has 0 amide bonds. The highest BCUT2D eigenvalue weighted by atomic mass is 15.0. The third-order valence-corrected chi connectivity index (χ3v) is 2.86. The van der Waals surface area contributed by atoms with Gasteiger partial charge in [0.25, 0.3) is 0 Å². The van der Waals surface area contributed by atoms with Crippen molar-refractivity contribution in [1.82, 2.24) is 14.9 Å². The lowest BCUT2D eigenvalue weighted by atomic mass is 10.2. The van der Waals surface area contributed by atoms with Crippen molar-refractivity contribution in [3.63, 3.8) is 0 Å². The van der Waals surface area contributed by atoms with Crippen molar-refractivity contribution < 1.29 is 0 Å². The van der Waals surface area contributed by atoms with E-state index in [1.807, 2.05) is 18.7 Å². The molecule has 4 heteroatoms. The predicted octanol–water partition coefficient (Wildman–Crippen LogP) is 1.84. The second kappa shape index (κ2) is 6.30. The molecule has 0 fully saturated rings. The largest absolute Gasteiger partial charge is 0.374 e. The Labute approximate surface area is 96.8 Å². The lowest BCUT2D eigenvalue weighted by Crippen LogP contribution is -2.26. The summed E-state index contributed by atoms with van der Waals surface area (Å²) < 4.78 is 2.12. The molecule has 1 aromatic rings. The summed E-state index contributed by atoms with van der Waals surface area (Å²) in [5.41, 5.74) is 0. The molecule has 0 bridgehead atoms. The maximum Gasteiger partial charge on any atom is 0.0963 e. The molecule has 2 rings (SSSR count). The Morgan fingerprint density at radius 1 is 1.31 bits per heavy atom. The van der Waals surface area contributed by atoms with Crippen molar-refractivity contribution in [3.05, 3.63) is 18.7 Å². The number of imidazole rings is 1.